The van der Waals surface area contributed by atoms with Crippen molar-refractivity contribution >= 4 is 5.97 Å². The van der Waals surface area contributed by atoms with Gasteiger partial charge in [-0.25, -0.2) is 4.39 Å². The Balaban J connectivity index is 3.19. The summed E-state index contributed by atoms with van der Waals surface area (Å²) in [6, 6.07) is 1.68. The van der Waals surface area contributed by atoms with Crippen LogP contribution < -0.4 is 0 Å². The third-order valence-electron chi connectivity index (χ3n) is 2.05. The molecule has 1 atom stereocenters. The quantitative estimate of drug-likeness (QED) is 0.812. The lowest BCUT2D eigenvalue weighted by Crippen LogP contribution is -2.14. The van der Waals surface area contributed by atoms with Crippen molar-refractivity contribution in [1.82, 2.24) is 0 Å². The molecular formula is C10H8F4O3. The van der Waals surface area contributed by atoms with Crippen molar-refractivity contribution < 1.29 is 32.6 Å². The van der Waals surface area contributed by atoms with E-state index in [4.69, 9.17) is 5.11 Å². The Morgan fingerprint density at radius 3 is 2.41 bits per heavy atom. The van der Waals surface area contributed by atoms with E-state index in [1.807, 2.05) is 0 Å². The molecule has 0 aromatic heterocycles. The minimum atomic E-state index is -4.85. The molecule has 0 fully saturated rings. The molecule has 0 heterocycles. The van der Waals surface area contributed by atoms with Gasteiger partial charge < -0.3 is 10.2 Å². The van der Waals surface area contributed by atoms with Crippen LogP contribution in [0.15, 0.2) is 18.2 Å². The first-order valence-corrected chi connectivity index (χ1v) is 4.48. The molecule has 1 aromatic rings. The van der Waals surface area contributed by atoms with Crippen LogP contribution in [0.4, 0.5) is 17.6 Å². The van der Waals surface area contributed by atoms with E-state index >= 15 is 0 Å². The predicted octanol–water partition coefficient (Wildman–Crippen LogP) is 2.35. The topological polar surface area (TPSA) is 57.5 Å². The minimum Gasteiger partial charge on any atom is -0.481 e. The van der Waals surface area contributed by atoms with Gasteiger partial charge in [0.15, 0.2) is 0 Å². The second-order valence-electron chi connectivity index (χ2n) is 3.34. The van der Waals surface area contributed by atoms with Crippen LogP contribution in [0.5, 0.6) is 0 Å². The molecular weight excluding hydrogens is 244 g/mol. The summed E-state index contributed by atoms with van der Waals surface area (Å²) < 4.78 is 50.2. The fourth-order valence-corrected chi connectivity index (χ4v) is 1.34. The van der Waals surface area contributed by atoms with Gasteiger partial charge in [-0.15, -0.1) is 0 Å². The normalized spacial score (nSPS) is 13.5. The first-order chi connectivity index (χ1) is 7.71. The van der Waals surface area contributed by atoms with Crippen molar-refractivity contribution in [2.45, 2.75) is 18.7 Å². The highest BCUT2D eigenvalue weighted by molar-refractivity contribution is 5.67. The number of carboxylic acids is 1. The second-order valence-corrected chi connectivity index (χ2v) is 3.34. The minimum absolute atomic E-state index is 0.223. The van der Waals surface area contributed by atoms with Gasteiger partial charge in [-0.2, -0.15) is 13.2 Å². The van der Waals surface area contributed by atoms with E-state index in [2.05, 4.69) is 0 Å². The maximum atomic E-state index is 12.7. The Labute approximate surface area is 93.3 Å². The molecule has 0 aliphatic carbocycles. The molecule has 1 rings (SSSR count). The zero-order chi connectivity index (χ0) is 13.2. The molecule has 17 heavy (non-hydrogen) atoms. The second kappa shape index (κ2) is 4.70. The Kier molecular flexibility index (Phi) is 3.72. The van der Waals surface area contributed by atoms with Crippen LogP contribution in [0.1, 0.15) is 23.7 Å². The van der Waals surface area contributed by atoms with Crippen molar-refractivity contribution in [2.75, 3.05) is 0 Å². The molecule has 0 radical (unpaired) electrons. The predicted molar refractivity (Wildman–Crippen MR) is 48.6 cm³/mol. The van der Waals surface area contributed by atoms with Crippen molar-refractivity contribution in [3.8, 4) is 0 Å². The van der Waals surface area contributed by atoms with Crippen LogP contribution in [0.25, 0.3) is 0 Å². The number of aliphatic hydroxyl groups excluding tert-OH is 1. The number of benzene rings is 1. The molecule has 0 aliphatic heterocycles. The molecule has 7 heteroatoms. The van der Waals surface area contributed by atoms with E-state index in [1.165, 1.54) is 0 Å². The maximum absolute atomic E-state index is 12.7. The molecule has 0 saturated carbocycles. The van der Waals surface area contributed by atoms with Crippen molar-refractivity contribution in [1.29, 1.82) is 0 Å². The third kappa shape index (κ3) is 3.42. The van der Waals surface area contributed by atoms with Crippen LogP contribution in [0.3, 0.4) is 0 Å². The third-order valence-corrected chi connectivity index (χ3v) is 2.05. The molecule has 0 saturated heterocycles. The van der Waals surface area contributed by atoms with Crippen LogP contribution >= 0.6 is 0 Å². The number of carboxylic acid groups (broad SMARTS) is 1. The van der Waals surface area contributed by atoms with Gasteiger partial charge in [0.2, 0.25) is 0 Å². The Morgan fingerprint density at radius 1 is 1.35 bits per heavy atom. The summed E-state index contributed by atoms with van der Waals surface area (Å²) in [5.74, 6) is -2.56. The molecule has 1 unspecified atom stereocenters. The fraction of sp³-hybridized carbons (Fsp3) is 0.300. The lowest BCUT2D eigenvalue weighted by Gasteiger charge is -2.16. The van der Waals surface area contributed by atoms with Gasteiger partial charge >= 0.3 is 12.1 Å². The number of aliphatic hydroxyl groups is 1. The first-order valence-electron chi connectivity index (χ1n) is 4.48. The number of halogens is 4. The van der Waals surface area contributed by atoms with Crippen molar-refractivity contribution in [3.05, 3.63) is 35.1 Å². The van der Waals surface area contributed by atoms with Gasteiger partial charge in [0.05, 0.1) is 18.1 Å². The van der Waals surface area contributed by atoms with Gasteiger partial charge in [-0.3, -0.25) is 4.79 Å². The molecule has 0 amide bonds. The van der Waals surface area contributed by atoms with Crippen molar-refractivity contribution in [3.63, 3.8) is 0 Å². The molecule has 94 valence electrons. The van der Waals surface area contributed by atoms with Crippen LogP contribution in [0, 0.1) is 5.82 Å². The monoisotopic (exact) mass is 252 g/mol. The van der Waals surface area contributed by atoms with Crippen LogP contribution in [-0.4, -0.2) is 16.2 Å². The van der Waals surface area contributed by atoms with E-state index in [-0.39, 0.29) is 6.07 Å². The van der Waals surface area contributed by atoms with Gasteiger partial charge in [0.1, 0.15) is 5.82 Å². The number of hydrogen-bond acceptors (Lipinski definition) is 2. The number of alkyl halides is 3. The summed E-state index contributed by atoms with van der Waals surface area (Å²) in [6.45, 7) is 0. The maximum Gasteiger partial charge on any atom is 0.416 e. The van der Waals surface area contributed by atoms with E-state index in [0.717, 1.165) is 12.1 Å². The zero-order valence-electron chi connectivity index (χ0n) is 8.33. The van der Waals surface area contributed by atoms with E-state index in [9.17, 15) is 27.5 Å². The molecule has 0 bridgehead atoms. The summed E-state index contributed by atoms with van der Waals surface area (Å²) in [5, 5.41) is 17.7. The number of carbonyl (C=O) groups is 1. The summed E-state index contributed by atoms with van der Waals surface area (Å²) in [7, 11) is 0. The molecule has 2 N–H and O–H groups in total. The van der Waals surface area contributed by atoms with E-state index in [1.54, 1.807) is 0 Å². The first kappa shape index (κ1) is 13.4. The van der Waals surface area contributed by atoms with Gasteiger partial charge in [-0.05, 0) is 17.7 Å². The van der Waals surface area contributed by atoms with Crippen LogP contribution in [-0.2, 0) is 11.0 Å². The number of hydrogen-bond donors (Lipinski definition) is 2. The highest BCUT2D eigenvalue weighted by atomic mass is 19.4. The highest BCUT2D eigenvalue weighted by Crippen LogP contribution is 2.35. The molecule has 1 aromatic carbocycles. The summed E-state index contributed by atoms with van der Waals surface area (Å²) in [4.78, 5) is 10.3. The standard InChI is InChI=1S/C10H8F4O3/c11-5-1-2-6(8(15)4-9(16)17)7(3-5)10(12,13)14/h1-3,8,15H,4H2,(H,16,17). The van der Waals surface area contributed by atoms with E-state index < -0.39 is 41.6 Å². The van der Waals surface area contributed by atoms with Gasteiger partial charge in [0.25, 0.3) is 0 Å². The average molecular weight is 252 g/mol. The summed E-state index contributed by atoms with van der Waals surface area (Å²) in [6.07, 6.45) is -7.56. The Bertz CT molecular complexity index is 428. The van der Waals surface area contributed by atoms with Gasteiger partial charge in [0, 0.05) is 0 Å². The smallest absolute Gasteiger partial charge is 0.416 e. The highest BCUT2D eigenvalue weighted by Gasteiger charge is 2.35. The molecule has 3 nitrogen and oxygen atoms in total. The van der Waals surface area contributed by atoms with Crippen molar-refractivity contribution in [2.24, 2.45) is 0 Å². The Morgan fingerprint density at radius 2 is 1.94 bits per heavy atom. The Hall–Kier alpha value is -1.63. The fourth-order valence-electron chi connectivity index (χ4n) is 1.34. The molecule has 0 spiro atoms. The largest absolute Gasteiger partial charge is 0.481 e. The average Bonchev–Trinajstić information content (AvgIpc) is 2.14. The SMILES string of the molecule is O=C(O)CC(O)c1ccc(F)cc1C(F)(F)F. The number of rotatable bonds is 3. The lowest BCUT2D eigenvalue weighted by atomic mass is 9.99. The number of aliphatic carboxylic acids is 1. The zero-order valence-corrected chi connectivity index (χ0v) is 8.33. The molecule has 0 aliphatic rings. The summed E-state index contributed by atoms with van der Waals surface area (Å²) in [5.41, 5.74) is -2.02. The van der Waals surface area contributed by atoms with E-state index in [0.29, 0.717) is 0 Å². The lowest BCUT2D eigenvalue weighted by molar-refractivity contribution is -0.143. The van der Waals surface area contributed by atoms with Crippen LogP contribution in [0.2, 0.25) is 0 Å². The van der Waals surface area contributed by atoms with Gasteiger partial charge in [-0.1, -0.05) is 6.07 Å². The summed E-state index contributed by atoms with van der Waals surface area (Å²) >= 11 is 0.